The number of benzene rings is 2. The summed E-state index contributed by atoms with van der Waals surface area (Å²) in [5.41, 5.74) is 5.63. The molecule has 0 amide bonds. The molecule has 0 radical (unpaired) electrons. The van der Waals surface area contributed by atoms with Crippen LogP contribution in [0.3, 0.4) is 0 Å². The molecule has 14 nitrogen and oxygen atoms in total. The Morgan fingerprint density at radius 1 is 0.648 bits per heavy atom. The molecule has 0 fully saturated rings. The summed E-state index contributed by atoms with van der Waals surface area (Å²) in [6, 6.07) is 12.3. The molecule has 0 aliphatic heterocycles. The van der Waals surface area contributed by atoms with Crippen molar-refractivity contribution in [3.05, 3.63) is 115 Å². The van der Waals surface area contributed by atoms with Crippen molar-refractivity contribution in [3.8, 4) is 33.4 Å². The molecule has 54 heavy (non-hydrogen) atoms. The molecule has 0 aliphatic rings. The molecule has 6 aromatic rings. The number of aliphatic carboxylic acids is 2. The Hall–Kier alpha value is -5.22. The molecule has 0 bridgehead atoms. The smallest absolute Gasteiger partial charge is 0.323 e. The summed E-state index contributed by atoms with van der Waals surface area (Å²) in [5, 5.41) is 43.3. The highest BCUT2D eigenvalue weighted by Crippen LogP contribution is 2.42. The lowest BCUT2D eigenvalue weighted by Crippen LogP contribution is -2.42. The fourth-order valence-corrected chi connectivity index (χ4v) is 7.26. The van der Waals surface area contributed by atoms with Gasteiger partial charge in [-0.1, -0.05) is 59.6 Å². The molecule has 2 aromatic carbocycles. The summed E-state index contributed by atoms with van der Waals surface area (Å²) in [7, 11) is 0. The van der Waals surface area contributed by atoms with E-state index in [0.29, 0.717) is 65.8 Å². The molecule has 4 aromatic heterocycles. The van der Waals surface area contributed by atoms with Gasteiger partial charge in [0, 0.05) is 95.7 Å². The fraction of sp³-hybridized carbons (Fsp3) is 0.263. The summed E-state index contributed by atoms with van der Waals surface area (Å²) in [6.45, 7) is 3.13. The Morgan fingerprint density at radius 2 is 1.02 bits per heavy atom. The van der Waals surface area contributed by atoms with Crippen LogP contribution in [0.1, 0.15) is 11.4 Å². The van der Waals surface area contributed by atoms with Crippen molar-refractivity contribution in [3.63, 3.8) is 0 Å². The molecule has 282 valence electrons. The minimum absolute atomic E-state index is 0.160. The van der Waals surface area contributed by atoms with Gasteiger partial charge in [-0.2, -0.15) is 0 Å². The number of fused-ring (bicyclic) bond motifs is 2. The molecule has 0 aliphatic carbocycles. The third-order valence-corrected chi connectivity index (χ3v) is 10.3. The highest BCUT2D eigenvalue weighted by Gasteiger charge is 2.20. The van der Waals surface area contributed by atoms with Crippen molar-refractivity contribution in [2.24, 2.45) is 0 Å². The van der Waals surface area contributed by atoms with E-state index in [2.05, 4.69) is 10.6 Å². The number of rotatable bonds is 15. The number of carbonyl (C=O) groups is 2. The van der Waals surface area contributed by atoms with Gasteiger partial charge in [0.25, 0.3) is 11.1 Å². The van der Waals surface area contributed by atoms with Crippen LogP contribution in [0.15, 0.2) is 82.9 Å². The monoisotopic (exact) mass is 776 g/mol. The number of aliphatic hydroxyl groups excluding tert-OH is 2. The van der Waals surface area contributed by atoms with Crippen LogP contribution in [-0.4, -0.2) is 88.7 Å². The Balaban J connectivity index is 1.30. The predicted octanol–water partition coefficient (Wildman–Crippen LogP) is 3.51. The van der Waals surface area contributed by atoms with Crippen LogP contribution in [0.25, 0.3) is 44.4 Å². The fourth-order valence-electron chi connectivity index (χ4n) is 6.59. The van der Waals surface area contributed by atoms with E-state index in [-0.39, 0.29) is 37.3 Å². The van der Waals surface area contributed by atoms with Gasteiger partial charge in [-0.15, -0.1) is 0 Å². The molecule has 0 spiro atoms. The van der Waals surface area contributed by atoms with Gasteiger partial charge in [-0.25, -0.2) is 0 Å². The van der Waals surface area contributed by atoms with Crippen LogP contribution in [-0.2, 0) is 22.7 Å². The largest absolute Gasteiger partial charge is 0.480 e. The van der Waals surface area contributed by atoms with Crippen LogP contribution in [0.5, 0.6) is 0 Å². The molecule has 16 heteroatoms. The number of aromatic nitrogens is 4. The third kappa shape index (κ3) is 7.44. The van der Waals surface area contributed by atoms with Crippen LogP contribution in [0.4, 0.5) is 0 Å². The summed E-state index contributed by atoms with van der Waals surface area (Å²) in [6.07, 6.45) is 7.24. The zero-order valence-corrected chi connectivity index (χ0v) is 30.8. The number of carboxylic acid groups (broad SMARTS) is 2. The number of hydrogen-bond acceptors (Lipinski definition) is 8. The number of nitrogens with zero attached hydrogens (tertiary/aromatic N) is 4. The Labute approximate surface area is 318 Å². The molecular formula is C38H38Cl2N6O8. The van der Waals surface area contributed by atoms with E-state index in [1.807, 2.05) is 48.8 Å². The summed E-state index contributed by atoms with van der Waals surface area (Å²) in [4.78, 5) is 49.6. The average molecular weight is 778 g/mol. The molecule has 0 saturated carbocycles. The number of aliphatic hydroxyl groups is 2. The normalized spacial score (nSPS) is 12.8. The second kappa shape index (κ2) is 16.0. The van der Waals surface area contributed by atoms with E-state index >= 15 is 0 Å². The van der Waals surface area contributed by atoms with Crippen LogP contribution >= 0.6 is 23.2 Å². The van der Waals surface area contributed by atoms with E-state index in [1.54, 1.807) is 56.3 Å². The van der Waals surface area contributed by atoms with Crippen molar-refractivity contribution in [2.45, 2.75) is 39.0 Å². The predicted molar refractivity (Wildman–Crippen MR) is 206 cm³/mol. The lowest BCUT2D eigenvalue weighted by atomic mass is 9.97. The van der Waals surface area contributed by atoms with Gasteiger partial charge in [-0.05, 0) is 26.0 Å². The number of nitrogens with one attached hydrogen (secondary N) is 2. The summed E-state index contributed by atoms with van der Waals surface area (Å²) >= 11 is 14.2. The lowest BCUT2D eigenvalue weighted by Gasteiger charge is -2.14. The minimum atomic E-state index is -1.18. The van der Waals surface area contributed by atoms with Gasteiger partial charge in [0.2, 0.25) is 0 Å². The number of hydrogen-bond donors (Lipinski definition) is 6. The van der Waals surface area contributed by atoms with Crippen molar-refractivity contribution in [2.75, 3.05) is 26.3 Å². The topological polar surface area (TPSA) is 192 Å². The molecule has 6 rings (SSSR count). The minimum Gasteiger partial charge on any atom is -0.480 e. The van der Waals surface area contributed by atoms with Crippen molar-refractivity contribution in [1.29, 1.82) is 0 Å². The maximum atomic E-state index is 13.5. The number of aryl methyl sites for hydroxylation is 2. The summed E-state index contributed by atoms with van der Waals surface area (Å²) in [5.74, 6) is -2.36. The Kier molecular flexibility index (Phi) is 11.4. The van der Waals surface area contributed by atoms with Gasteiger partial charge in [0.05, 0.1) is 23.3 Å². The van der Waals surface area contributed by atoms with Crippen molar-refractivity contribution in [1.82, 2.24) is 28.6 Å². The van der Waals surface area contributed by atoms with Gasteiger partial charge >= 0.3 is 11.9 Å². The third-order valence-electron chi connectivity index (χ3n) is 9.45. The first kappa shape index (κ1) is 38.5. The zero-order chi connectivity index (χ0) is 38.8. The SMILES string of the molecule is Cc1cn2cc(-c3cccc(-c4cccc(-c5cc6c(=O)n(CCNC(CO)C(=O)O)c(C)cn6c5)c4Cl)c3Cl)cc2c(=O)n1CCNC(CO)C(=O)O. The first-order chi connectivity index (χ1) is 25.8. The first-order valence-electron chi connectivity index (χ1n) is 17.0. The molecule has 4 heterocycles. The molecule has 2 atom stereocenters. The van der Waals surface area contributed by atoms with Crippen molar-refractivity contribution >= 4 is 46.2 Å². The Bertz CT molecular complexity index is 2350. The van der Waals surface area contributed by atoms with Crippen LogP contribution in [0, 0.1) is 13.8 Å². The quantitative estimate of drug-likeness (QED) is 0.0900. The Morgan fingerprint density at radius 3 is 1.37 bits per heavy atom. The van der Waals surface area contributed by atoms with Crippen LogP contribution < -0.4 is 21.8 Å². The molecule has 2 unspecified atom stereocenters. The van der Waals surface area contributed by atoms with Crippen LogP contribution in [0.2, 0.25) is 10.0 Å². The van der Waals surface area contributed by atoms with E-state index in [4.69, 9.17) is 23.2 Å². The standard InChI is InChI=1S/C38H38Cl2N6O8/c1-21-15-43-17-23(13-31(43)35(49)45(21)11-9-41-29(19-47)37(51)52)25-5-3-7-27(33(25)39)28-8-4-6-26(34(28)40)24-14-32-36(50)46(22(2)16-44(32)18-24)12-10-42-30(20-48)38(53)54/h3-8,13-18,29-30,41-42,47-48H,9-12,19-20H2,1-2H3,(H,51,52)(H,53,54). The van der Waals surface area contributed by atoms with E-state index in [9.17, 15) is 39.6 Å². The molecular weight excluding hydrogens is 739 g/mol. The van der Waals surface area contributed by atoms with Gasteiger partial charge < -0.3 is 49.0 Å². The summed E-state index contributed by atoms with van der Waals surface area (Å²) < 4.78 is 6.54. The van der Waals surface area contributed by atoms with E-state index in [0.717, 1.165) is 0 Å². The van der Waals surface area contributed by atoms with Gasteiger partial charge in [0.1, 0.15) is 23.1 Å². The molecule has 0 saturated heterocycles. The highest BCUT2D eigenvalue weighted by atomic mass is 35.5. The van der Waals surface area contributed by atoms with E-state index < -0.39 is 37.2 Å². The molecule has 6 N–H and O–H groups in total. The second-order valence-electron chi connectivity index (χ2n) is 12.9. The second-order valence-corrected chi connectivity index (χ2v) is 13.6. The maximum absolute atomic E-state index is 13.5. The average Bonchev–Trinajstić information content (AvgIpc) is 3.76. The highest BCUT2D eigenvalue weighted by molar-refractivity contribution is 6.39. The number of halogens is 2. The number of carboxylic acids is 2. The maximum Gasteiger partial charge on any atom is 0.323 e. The first-order valence-corrected chi connectivity index (χ1v) is 17.8. The lowest BCUT2D eigenvalue weighted by molar-refractivity contribution is -0.141. The van der Waals surface area contributed by atoms with Gasteiger partial charge in [0.15, 0.2) is 0 Å². The zero-order valence-electron chi connectivity index (χ0n) is 29.3. The van der Waals surface area contributed by atoms with Gasteiger partial charge in [-0.3, -0.25) is 19.2 Å². The van der Waals surface area contributed by atoms with Crippen molar-refractivity contribution < 1.29 is 30.0 Å². The van der Waals surface area contributed by atoms with E-state index in [1.165, 1.54) is 0 Å².